The number of nitrogens with zero attached hydrogens (tertiary/aromatic N) is 1. The Kier molecular flexibility index (Phi) is 6.72. The molecule has 0 fully saturated rings. The Bertz CT molecular complexity index is 758. The molecule has 1 aliphatic rings. The van der Waals surface area contributed by atoms with E-state index in [0.29, 0.717) is 11.3 Å². The standard InChI is InChI=1S/C16H15Cl3N2O4/c1-25-16(24)11-8-21(5-6-22)15(23)13(11)20-10-4-2-3-9(7-10)12(17)14(18)19/h2-4,7,20,22H,5-6,8H2,1H3. The summed E-state index contributed by atoms with van der Waals surface area (Å²) in [6, 6.07) is 6.72. The van der Waals surface area contributed by atoms with Gasteiger partial charge in [-0.05, 0) is 17.7 Å². The zero-order valence-electron chi connectivity index (χ0n) is 13.2. The number of amides is 1. The minimum absolute atomic E-state index is 0.0578. The molecule has 2 N–H and O–H groups in total. The number of carbonyl (C=O) groups excluding carboxylic acids is 2. The van der Waals surface area contributed by atoms with Crippen molar-refractivity contribution in [1.82, 2.24) is 4.90 Å². The number of anilines is 1. The van der Waals surface area contributed by atoms with Gasteiger partial charge in [-0.1, -0.05) is 46.9 Å². The van der Waals surface area contributed by atoms with E-state index in [1.807, 2.05) is 0 Å². The lowest BCUT2D eigenvalue weighted by Crippen LogP contribution is -2.31. The summed E-state index contributed by atoms with van der Waals surface area (Å²) in [4.78, 5) is 25.8. The number of hydrogen-bond acceptors (Lipinski definition) is 5. The van der Waals surface area contributed by atoms with E-state index in [2.05, 4.69) is 5.32 Å². The maximum atomic E-state index is 12.5. The fraction of sp³-hybridized carbons (Fsp3) is 0.250. The first-order valence-corrected chi connectivity index (χ1v) is 8.32. The molecule has 9 heteroatoms. The van der Waals surface area contributed by atoms with Gasteiger partial charge in [0.2, 0.25) is 0 Å². The quantitative estimate of drug-likeness (QED) is 0.712. The highest BCUT2D eigenvalue weighted by Crippen LogP contribution is 2.30. The first-order chi connectivity index (χ1) is 11.9. The van der Waals surface area contributed by atoms with Crippen LogP contribution in [-0.4, -0.2) is 48.7 Å². The molecule has 1 aliphatic heterocycles. The van der Waals surface area contributed by atoms with E-state index in [9.17, 15) is 9.59 Å². The molecule has 0 aliphatic carbocycles. The zero-order valence-corrected chi connectivity index (χ0v) is 15.5. The van der Waals surface area contributed by atoms with Crippen LogP contribution in [0.15, 0.2) is 40.0 Å². The average Bonchev–Trinajstić information content (AvgIpc) is 2.90. The van der Waals surface area contributed by atoms with E-state index in [-0.39, 0.29) is 40.5 Å². The normalized spacial score (nSPS) is 14.0. The number of rotatable bonds is 6. The lowest BCUT2D eigenvalue weighted by atomic mass is 10.1. The van der Waals surface area contributed by atoms with Crippen LogP contribution >= 0.6 is 34.8 Å². The molecule has 0 saturated carbocycles. The van der Waals surface area contributed by atoms with Crippen LogP contribution in [-0.2, 0) is 14.3 Å². The van der Waals surface area contributed by atoms with Crippen LogP contribution in [0.1, 0.15) is 5.56 Å². The predicted octanol–water partition coefficient (Wildman–Crippen LogP) is 2.70. The van der Waals surface area contributed by atoms with Gasteiger partial charge in [-0.25, -0.2) is 4.79 Å². The van der Waals surface area contributed by atoms with Gasteiger partial charge in [0.1, 0.15) is 10.2 Å². The molecule has 134 valence electrons. The molecular weight excluding hydrogens is 391 g/mol. The number of nitrogens with one attached hydrogen (secondary N) is 1. The number of carbonyl (C=O) groups is 2. The number of esters is 1. The largest absolute Gasteiger partial charge is 0.466 e. The van der Waals surface area contributed by atoms with Crippen LogP contribution < -0.4 is 5.32 Å². The summed E-state index contributed by atoms with van der Waals surface area (Å²) in [5, 5.41) is 12.1. The highest BCUT2D eigenvalue weighted by atomic mass is 35.5. The molecule has 0 spiro atoms. The van der Waals surface area contributed by atoms with Crippen molar-refractivity contribution >= 4 is 57.4 Å². The van der Waals surface area contributed by atoms with E-state index in [0.717, 1.165) is 0 Å². The molecule has 1 heterocycles. The Hall–Kier alpha value is -1.73. The van der Waals surface area contributed by atoms with Crippen LogP contribution in [0.3, 0.4) is 0 Å². The van der Waals surface area contributed by atoms with Crippen LogP contribution in [0.5, 0.6) is 0 Å². The molecule has 0 atom stereocenters. The molecule has 2 rings (SSSR count). The molecule has 0 aromatic heterocycles. The fourth-order valence-corrected chi connectivity index (χ4v) is 2.67. The highest BCUT2D eigenvalue weighted by molar-refractivity contribution is 6.66. The monoisotopic (exact) mass is 404 g/mol. The van der Waals surface area contributed by atoms with Crippen molar-refractivity contribution in [3.05, 3.63) is 45.6 Å². The lowest BCUT2D eigenvalue weighted by Gasteiger charge is -2.15. The summed E-state index contributed by atoms with van der Waals surface area (Å²) in [5.41, 5.74) is 1.34. The molecule has 6 nitrogen and oxygen atoms in total. The number of halogens is 3. The topological polar surface area (TPSA) is 78.9 Å². The minimum atomic E-state index is -0.617. The van der Waals surface area contributed by atoms with E-state index in [4.69, 9.17) is 44.6 Å². The second kappa shape index (κ2) is 8.58. The number of β-amino-alcohol motifs (C(OH)–C–C–N with tert-alkyl or cyclic N) is 1. The van der Waals surface area contributed by atoms with Gasteiger partial charge in [0.15, 0.2) is 0 Å². The van der Waals surface area contributed by atoms with Crippen LogP contribution in [0.2, 0.25) is 0 Å². The lowest BCUT2D eigenvalue weighted by molar-refractivity contribution is -0.136. The third-order valence-electron chi connectivity index (χ3n) is 3.50. The Morgan fingerprint density at radius 2 is 2.08 bits per heavy atom. The Morgan fingerprint density at radius 1 is 1.36 bits per heavy atom. The second-order valence-electron chi connectivity index (χ2n) is 5.08. The number of ether oxygens (including phenoxy) is 1. The van der Waals surface area contributed by atoms with Crippen LogP contribution in [0, 0.1) is 0 Å². The summed E-state index contributed by atoms with van der Waals surface area (Å²) < 4.78 is 4.64. The summed E-state index contributed by atoms with van der Waals surface area (Å²) in [7, 11) is 1.24. The SMILES string of the molecule is COC(=O)C1=C(Nc2cccc(C(Cl)=C(Cl)Cl)c2)C(=O)N(CCO)C1. The van der Waals surface area contributed by atoms with Gasteiger partial charge in [-0.15, -0.1) is 0 Å². The van der Waals surface area contributed by atoms with Gasteiger partial charge in [0.05, 0.1) is 30.9 Å². The number of aliphatic hydroxyl groups excluding tert-OH is 1. The smallest absolute Gasteiger partial charge is 0.337 e. The van der Waals surface area contributed by atoms with E-state index < -0.39 is 11.9 Å². The molecular formula is C16H15Cl3N2O4. The Morgan fingerprint density at radius 3 is 2.68 bits per heavy atom. The average molecular weight is 406 g/mol. The summed E-state index contributed by atoms with van der Waals surface area (Å²) >= 11 is 17.4. The number of aliphatic hydroxyl groups is 1. The molecule has 1 aromatic rings. The molecule has 0 bridgehead atoms. The van der Waals surface area contributed by atoms with Crippen molar-refractivity contribution in [1.29, 1.82) is 0 Å². The first kappa shape index (κ1) is 19.6. The number of benzene rings is 1. The van der Waals surface area contributed by atoms with Crippen molar-refractivity contribution in [3.63, 3.8) is 0 Å². The fourth-order valence-electron chi connectivity index (χ4n) is 2.34. The van der Waals surface area contributed by atoms with Crippen molar-refractivity contribution in [2.24, 2.45) is 0 Å². The van der Waals surface area contributed by atoms with Crippen molar-refractivity contribution < 1.29 is 19.4 Å². The molecule has 0 unspecified atom stereocenters. The van der Waals surface area contributed by atoms with Crippen LogP contribution in [0.4, 0.5) is 5.69 Å². The van der Waals surface area contributed by atoms with Gasteiger partial charge in [-0.3, -0.25) is 4.79 Å². The van der Waals surface area contributed by atoms with Crippen molar-refractivity contribution in [2.75, 3.05) is 32.1 Å². The third kappa shape index (κ3) is 4.46. The maximum Gasteiger partial charge on any atom is 0.337 e. The van der Waals surface area contributed by atoms with E-state index in [1.54, 1.807) is 24.3 Å². The van der Waals surface area contributed by atoms with Gasteiger partial charge in [-0.2, -0.15) is 0 Å². The molecule has 0 saturated heterocycles. The molecule has 1 aromatic carbocycles. The first-order valence-electron chi connectivity index (χ1n) is 7.18. The summed E-state index contributed by atoms with van der Waals surface area (Å²) in [6.45, 7) is -0.0409. The van der Waals surface area contributed by atoms with Gasteiger partial charge >= 0.3 is 5.97 Å². The number of methoxy groups -OCH3 is 1. The zero-order chi connectivity index (χ0) is 18.6. The molecule has 25 heavy (non-hydrogen) atoms. The molecule has 1 amide bonds. The number of hydrogen-bond donors (Lipinski definition) is 2. The Labute approximate surface area is 159 Å². The predicted molar refractivity (Wildman–Crippen MR) is 97.3 cm³/mol. The third-order valence-corrected chi connectivity index (χ3v) is 4.48. The van der Waals surface area contributed by atoms with Gasteiger partial charge < -0.3 is 20.1 Å². The molecule has 0 radical (unpaired) electrons. The minimum Gasteiger partial charge on any atom is -0.466 e. The van der Waals surface area contributed by atoms with E-state index in [1.165, 1.54) is 12.0 Å². The highest BCUT2D eigenvalue weighted by Gasteiger charge is 2.34. The van der Waals surface area contributed by atoms with Crippen LogP contribution in [0.25, 0.3) is 5.03 Å². The summed E-state index contributed by atoms with van der Waals surface area (Å²) in [6.07, 6.45) is 0. The Balaban J connectivity index is 2.35. The van der Waals surface area contributed by atoms with Crippen molar-refractivity contribution in [3.8, 4) is 0 Å². The van der Waals surface area contributed by atoms with Gasteiger partial charge in [0.25, 0.3) is 5.91 Å². The maximum absolute atomic E-state index is 12.5. The second-order valence-corrected chi connectivity index (χ2v) is 6.40. The van der Waals surface area contributed by atoms with E-state index >= 15 is 0 Å². The summed E-state index contributed by atoms with van der Waals surface area (Å²) in [5.74, 6) is -1.02. The van der Waals surface area contributed by atoms with Crippen molar-refractivity contribution in [2.45, 2.75) is 0 Å². The van der Waals surface area contributed by atoms with Gasteiger partial charge in [0, 0.05) is 12.2 Å².